The van der Waals surface area contributed by atoms with Crippen molar-refractivity contribution in [1.82, 2.24) is 10.6 Å². The van der Waals surface area contributed by atoms with E-state index in [9.17, 15) is 4.79 Å². The van der Waals surface area contributed by atoms with Crippen LogP contribution in [0.1, 0.15) is 12.5 Å². The van der Waals surface area contributed by atoms with Crippen LogP contribution in [0.5, 0.6) is 0 Å². The van der Waals surface area contributed by atoms with Crippen molar-refractivity contribution in [2.45, 2.75) is 25.6 Å². The van der Waals surface area contributed by atoms with Crippen molar-refractivity contribution in [2.75, 3.05) is 18.4 Å². The fourth-order valence-electron chi connectivity index (χ4n) is 1.89. The van der Waals surface area contributed by atoms with Gasteiger partial charge in [-0.05, 0) is 24.6 Å². The fourth-order valence-corrected chi connectivity index (χ4v) is 1.89. The average Bonchev–Trinajstić information content (AvgIpc) is 2.40. The molecular weight excluding hydrogens is 230 g/mol. The Labute approximate surface area is 107 Å². The number of piperazine rings is 1. The number of amides is 1. The van der Waals surface area contributed by atoms with Gasteiger partial charge in [0, 0.05) is 24.8 Å². The van der Waals surface area contributed by atoms with Gasteiger partial charge in [-0.1, -0.05) is 12.1 Å². The van der Waals surface area contributed by atoms with E-state index >= 15 is 0 Å². The monoisotopic (exact) mass is 249 g/mol. The molecule has 1 saturated heterocycles. The summed E-state index contributed by atoms with van der Waals surface area (Å²) in [5.41, 5.74) is 1.58. The normalized spacial score (nSPS) is 23.7. The molecule has 0 spiro atoms. The van der Waals surface area contributed by atoms with Crippen LogP contribution in [0, 0.1) is 0 Å². The summed E-state index contributed by atoms with van der Waals surface area (Å²) in [5.74, 6) is -0.0360. The van der Waals surface area contributed by atoms with Crippen LogP contribution >= 0.6 is 0 Å². The lowest BCUT2D eigenvalue weighted by Crippen LogP contribution is -2.57. The third kappa shape index (κ3) is 3.29. The van der Waals surface area contributed by atoms with E-state index in [1.165, 1.54) is 0 Å². The Kier molecular flexibility index (Phi) is 4.30. The molecule has 5 nitrogen and oxygen atoms in total. The Morgan fingerprint density at radius 1 is 1.33 bits per heavy atom. The largest absolute Gasteiger partial charge is 0.392 e. The number of aliphatic hydroxyl groups excluding tert-OH is 1. The van der Waals surface area contributed by atoms with Crippen LogP contribution in [0.3, 0.4) is 0 Å². The van der Waals surface area contributed by atoms with Crippen molar-refractivity contribution in [3.05, 3.63) is 29.8 Å². The van der Waals surface area contributed by atoms with Gasteiger partial charge in [-0.2, -0.15) is 0 Å². The summed E-state index contributed by atoms with van der Waals surface area (Å²) in [5, 5.41) is 18.2. The van der Waals surface area contributed by atoms with Crippen LogP contribution < -0.4 is 16.0 Å². The van der Waals surface area contributed by atoms with Gasteiger partial charge in [0.15, 0.2) is 0 Å². The molecule has 5 heteroatoms. The van der Waals surface area contributed by atoms with Crippen LogP contribution in [0.4, 0.5) is 5.69 Å². The maximum absolute atomic E-state index is 12.0. The first-order valence-electron chi connectivity index (χ1n) is 6.16. The van der Waals surface area contributed by atoms with Gasteiger partial charge in [-0.3, -0.25) is 4.79 Å². The van der Waals surface area contributed by atoms with Crippen LogP contribution in [0.15, 0.2) is 24.3 Å². The fraction of sp³-hybridized carbons (Fsp3) is 0.462. The van der Waals surface area contributed by atoms with Crippen LogP contribution in [0.2, 0.25) is 0 Å². The van der Waals surface area contributed by atoms with E-state index in [1.807, 2.05) is 0 Å². The highest BCUT2D eigenvalue weighted by atomic mass is 16.3. The maximum atomic E-state index is 12.0. The highest BCUT2D eigenvalue weighted by Crippen LogP contribution is 2.10. The van der Waals surface area contributed by atoms with Crippen molar-refractivity contribution in [3.8, 4) is 0 Å². The second-order valence-corrected chi connectivity index (χ2v) is 4.61. The highest BCUT2D eigenvalue weighted by molar-refractivity contribution is 5.95. The molecule has 0 bridgehead atoms. The zero-order valence-electron chi connectivity index (χ0n) is 10.4. The number of hydrogen-bond donors (Lipinski definition) is 4. The average molecular weight is 249 g/mol. The number of benzene rings is 1. The number of aliphatic hydroxyl groups is 1. The summed E-state index contributed by atoms with van der Waals surface area (Å²) < 4.78 is 0. The van der Waals surface area contributed by atoms with E-state index in [4.69, 9.17) is 5.11 Å². The Balaban J connectivity index is 1.90. The quantitative estimate of drug-likeness (QED) is 0.611. The first-order valence-corrected chi connectivity index (χ1v) is 6.16. The molecule has 2 unspecified atom stereocenters. The molecule has 2 atom stereocenters. The first-order chi connectivity index (χ1) is 8.69. The van der Waals surface area contributed by atoms with Gasteiger partial charge in [-0.25, -0.2) is 0 Å². The Hall–Kier alpha value is -1.43. The zero-order valence-corrected chi connectivity index (χ0v) is 10.4. The molecule has 0 radical (unpaired) electrons. The van der Waals surface area contributed by atoms with E-state index in [2.05, 4.69) is 22.9 Å². The summed E-state index contributed by atoms with van der Waals surface area (Å²) >= 11 is 0. The topological polar surface area (TPSA) is 73.4 Å². The molecule has 0 aliphatic carbocycles. The first kappa shape index (κ1) is 13.0. The van der Waals surface area contributed by atoms with Crippen molar-refractivity contribution in [3.63, 3.8) is 0 Å². The Morgan fingerprint density at radius 2 is 2.06 bits per heavy atom. The molecule has 4 N–H and O–H groups in total. The Bertz CT molecular complexity index is 397. The molecule has 1 fully saturated rings. The molecule has 1 aliphatic rings. The number of carbonyl (C=O) groups excluding carboxylic acids is 1. The van der Waals surface area contributed by atoms with Gasteiger partial charge < -0.3 is 21.1 Å². The summed E-state index contributed by atoms with van der Waals surface area (Å²) in [6.45, 7) is 3.53. The van der Waals surface area contributed by atoms with E-state index in [0.29, 0.717) is 12.6 Å². The minimum absolute atomic E-state index is 0.0141. The second kappa shape index (κ2) is 5.95. The van der Waals surface area contributed by atoms with E-state index < -0.39 is 0 Å². The second-order valence-electron chi connectivity index (χ2n) is 4.61. The smallest absolute Gasteiger partial charge is 0.242 e. The van der Waals surface area contributed by atoms with Crippen molar-refractivity contribution >= 4 is 11.6 Å². The summed E-state index contributed by atoms with van der Waals surface area (Å²) in [7, 11) is 0. The van der Waals surface area contributed by atoms with Crippen molar-refractivity contribution in [2.24, 2.45) is 0 Å². The Morgan fingerprint density at radius 3 is 2.61 bits per heavy atom. The predicted octanol–water partition coefficient (Wildman–Crippen LogP) is 0.0673. The number of anilines is 1. The van der Waals surface area contributed by atoms with Gasteiger partial charge in [0.05, 0.1) is 12.6 Å². The molecule has 1 amide bonds. The highest BCUT2D eigenvalue weighted by Gasteiger charge is 2.22. The van der Waals surface area contributed by atoms with E-state index in [0.717, 1.165) is 17.8 Å². The van der Waals surface area contributed by atoms with E-state index in [1.54, 1.807) is 24.3 Å². The third-order valence-electron chi connectivity index (χ3n) is 3.06. The molecule has 98 valence electrons. The minimum Gasteiger partial charge on any atom is -0.392 e. The number of nitrogens with one attached hydrogen (secondary N) is 3. The zero-order chi connectivity index (χ0) is 13.0. The maximum Gasteiger partial charge on any atom is 0.242 e. The van der Waals surface area contributed by atoms with Gasteiger partial charge >= 0.3 is 0 Å². The molecule has 0 aromatic heterocycles. The van der Waals surface area contributed by atoms with Gasteiger partial charge in [0.1, 0.15) is 0 Å². The molecule has 1 aromatic carbocycles. The standard InChI is InChI=1S/C13H19N3O2/c1-9-6-15-12(7-14-9)13(18)16-11-4-2-10(8-17)3-5-11/h2-5,9,12,14-15,17H,6-8H2,1H3,(H,16,18). The lowest BCUT2D eigenvalue weighted by molar-refractivity contribution is -0.118. The van der Waals surface area contributed by atoms with Gasteiger partial charge in [0.2, 0.25) is 5.91 Å². The van der Waals surface area contributed by atoms with E-state index in [-0.39, 0.29) is 18.6 Å². The number of carbonyl (C=O) groups is 1. The molecule has 1 aliphatic heterocycles. The number of hydrogen-bond acceptors (Lipinski definition) is 4. The summed E-state index contributed by atoms with van der Waals surface area (Å²) in [6, 6.07) is 7.38. The lowest BCUT2D eigenvalue weighted by Gasteiger charge is -2.28. The predicted molar refractivity (Wildman–Crippen MR) is 70.2 cm³/mol. The lowest BCUT2D eigenvalue weighted by atomic mass is 10.1. The molecule has 18 heavy (non-hydrogen) atoms. The minimum atomic E-state index is -0.196. The SMILES string of the molecule is CC1CNC(C(=O)Nc2ccc(CO)cc2)CN1. The summed E-state index contributed by atoms with van der Waals surface area (Å²) in [4.78, 5) is 12.0. The van der Waals surface area contributed by atoms with Crippen molar-refractivity contribution in [1.29, 1.82) is 0 Å². The molecular formula is C13H19N3O2. The van der Waals surface area contributed by atoms with Crippen LogP contribution in [-0.2, 0) is 11.4 Å². The van der Waals surface area contributed by atoms with Crippen LogP contribution in [0.25, 0.3) is 0 Å². The van der Waals surface area contributed by atoms with Gasteiger partial charge in [0.25, 0.3) is 0 Å². The van der Waals surface area contributed by atoms with Crippen molar-refractivity contribution < 1.29 is 9.90 Å². The molecule has 2 rings (SSSR count). The van der Waals surface area contributed by atoms with Crippen LogP contribution in [-0.4, -0.2) is 36.2 Å². The number of rotatable bonds is 3. The summed E-state index contributed by atoms with van der Waals surface area (Å²) in [6.07, 6.45) is 0. The third-order valence-corrected chi connectivity index (χ3v) is 3.06. The molecule has 0 saturated carbocycles. The molecule has 1 aromatic rings. The molecule has 1 heterocycles. The van der Waals surface area contributed by atoms with Gasteiger partial charge in [-0.15, -0.1) is 0 Å².